The number of cyclic esters (lactones) is 2. The van der Waals surface area contributed by atoms with E-state index in [0.29, 0.717) is 16.3 Å². The first-order valence-electron chi connectivity index (χ1n) is 15.2. The molecule has 5 unspecified atom stereocenters. The molecule has 0 saturated carbocycles. The van der Waals surface area contributed by atoms with Crippen LogP contribution in [0.15, 0.2) is 66.8 Å². The number of nitrogens with one attached hydrogen (secondary N) is 2. The van der Waals surface area contributed by atoms with Crippen LogP contribution in [0, 0.1) is 17.8 Å². The number of hydrogen-bond acceptors (Lipinski definition) is 7. The van der Waals surface area contributed by atoms with Crippen molar-refractivity contribution in [2.24, 2.45) is 17.8 Å². The molecule has 2 aromatic rings. The number of esters is 2. The van der Waals surface area contributed by atoms with Crippen molar-refractivity contribution in [2.75, 3.05) is 13.7 Å². The second kappa shape index (κ2) is 17.4. The summed E-state index contributed by atoms with van der Waals surface area (Å²) in [6, 6.07) is 13.9. The maximum absolute atomic E-state index is 13.4. The molecule has 2 amide bonds. The summed E-state index contributed by atoms with van der Waals surface area (Å²) in [5.41, 5.74) is 1.69. The van der Waals surface area contributed by atoms with Crippen molar-refractivity contribution in [3.8, 4) is 5.75 Å². The average molecular weight is 639 g/mol. The Balaban J connectivity index is 1.89. The first kappa shape index (κ1) is 35.4. The Labute approximate surface area is 270 Å². The number of rotatable bonds is 8. The standard InChI is InChI=1S/C35H43ClN2O7/c1-22(2)18-31-35(42)44-29(23(3)14-15-25-10-7-6-8-11-25)12-9-13-32(39)38-28(33(40)37-21-24(4)34(41)45-31)20-26-16-17-30(43-5)27(36)19-26/h6-11,13-17,19,22-24,28-29,31H,12,18,20-21H2,1-5H3,(H,37,40)(H,38,39)/b13-9+,15-14+. The van der Waals surface area contributed by atoms with E-state index >= 15 is 0 Å². The van der Waals surface area contributed by atoms with Crippen LogP contribution in [0.4, 0.5) is 0 Å². The molecule has 0 aromatic heterocycles. The summed E-state index contributed by atoms with van der Waals surface area (Å²) in [6.45, 7) is 7.29. The van der Waals surface area contributed by atoms with Gasteiger partial charge in [0.05, 0.1) is 18.1 Å². The number of ether oxygens (including phenoxy) is 3. The van der Waals surface area contributed by atoms with Gasteiger partial charge in [-0.3, -0.25) is 14.4 Å². The fraction of sp³-hybridized carbons (Fsp3) is 0.429. The van der Waals surface area contributed by atoms with Gasteiger partial charge < -0.3 is 24.8 Å². The molecule has 1 aliphatic heterocycles. The van der Waals surface area contributed by atoms with E-state index in [-0.39, 0.29) is 37.6 Å². The molecule has 5 atom stereocenters. The smallest absolute Gasteiger partial charge is 0.347 e. The van der Waals surface area contributed by atoms with E-state index < -0.39 is 47.9 Å². The molecule has 1 heterocycles. The van der Waals surface area contributed by atoms with Crippen LogP contribution in [0.5, 0.6) is 5.75 Å². The number of benzene rings is 2. The molecule has 2 N–H and O–H groups in total. The minimum atomic E-state index is -1.11. The van der Waals surface area contributed by atoms with Crippen molar-refractivity contribution in [3.63, 3.8) is 0 Å². The van der Waals surface area contributed by atoms with Crippen LogP contribution in [0.3, 0.4) is 0 Å². The van der Waals surface area contributed by atoms with Crippen molar-refractivity contribution >= 4 is 41.4 Å². The number of hydrogen-bond donors (Lipinski definition) is 2. The van der Waals surface area contributed by atoms with Crippen molar-refractivity contribution < 1.29 is 33.4 Å². The largest absolute Gasteiger partial charge is 0.495 e. The highest BCUT2D eigenvalue weighted by Gasteiger charge is 2.31. The number of carbonyl (C=O) groups excluding carboxylic acids is 4. The molecule has 0 bridgehead atoms. The zero-order chi connectivity index (χ0) is 32.9. The van der Waals surface area contributed by atoms with Gasteiger partial charge in [0.1, 0.15) is 17.9 Å². The second-order valence-corrected chi connectivity index (χ2v) is 12.1. The summed E-state index contributed by atoms with van der Waals surface area (Å²) in [6.07, 6.45) is 5.68. The molecular formula is C35H43ClN2O7. The average Bonchev–Trinajstić information content (AvgIpc) is 3.01. The van der Waals surface area contributed by atoms with Gasteiger partial charge in [0, 0.05) is 25.3 Å². The van der Waals surface area contributed by atoms with Crippen LogP contribution in [-0.2, 0) is 35.1 Å². The van der Waals surface area contributed by atoms with E-state index in [0.717, 1.165) is 5.56 Å². The zero-order valence-corrected chi connectivity index (χ0v) is 27.2. The molecule has 10 heteroatoms. The molecule has 0 fully saturated rings. The summed E-state index contributed by atoms with van der Waals surface area (Å²) in [4.78, 5) is 52.7. The van der Waals surface area contributed by atoms with Gasteiger partial charge in [-0.1, -0.05) is 93.9 Å². The van der Waals surface area contributed by atoms with Gasteiger partial charge in [0.15, 0.2) is 6.10 Å². The van der Waals surface area contributed by atoms with Crippen molar-refractivity contribution in [1.29, 1.82) is 0 Å². The number of carbonyl (C=O) groups is 4. The molecule has 0 saturated heterocycles. The number of methoxy groups -OCH3 is 1. The minimum Gasteiger partial charge on any atom is -0.495 e. The highest BCUT2D eigenvalue weighted by molar-refractivity contribution is 6.32. The first-order chi connectivity index (χ1) is 21.5. The van der Waals surface area contributed by atoms with Crippen LogP contribution in [0.25, 0.3) is 6.08 Å². The van der Waals surface area contributed by atoms with Gasteiger partial charge in [0.25, 0.3) is 0 Å². The summed E-state index contributed by atoms with van der Waals surface area (Å²) in [7, 11) is 1.51. The Hall–Kier alpha value is -4.11. The fourth-order valence-electron chi connectivity index (χ4n) is 4.69. The zero-order valence-electron chi connectivity index (χ0n) is 26.5. The third-order valence-corrected chi connectivity index (χ3v) is 7.66. The van der Waals surface area contributed by atoms with Crippen molar-refractivity contribution in [3.05, 3.63) is 82.9 Å². The van der Waals surface area contributed by atoms with E-state index in [1.165, 1.54) is 13.2 Å². The molecule has 242 valence electrons. The van der Waals surface area contributed by atoms with Crippen LogP contribution >= 0.6 is 11.6 Å². The Kier molecular flexibility index (Phi) is 13.7. The molecule has 0 radical (unpaired) electrons. The highest BCUT2D eigenvalue weighted by atomic mass is 35.5. The molecule has 2 aromatic carbocycles. The summed E-state index contributed by atoms with van der Waals surface area (Å²) < 4.78 is 16.8. The molecule has 1 aliphatic rings. The summed E-state index contributed by atoms with van der Waals surface area (Å²) in [5, 5.41) is 5.85. The first-order valence-corrected chi connectivity index (χ1v) is 15.6. The van der Waals surface area contributed by atoms with Gasteiger partial charge in [-0.2, -0.15) is 0 Å². The predicted molar refractivity (Wildman–Crippen MR) is 173 cm³/mol. The summed E-state index contributed by atoms with van der Waals surface area (Å²) in [5.74, 6) is -2.74. The highest BCUT2D eigenvalue weighted by Crippen LogP contribution is 2.26. The topological polar surface area (TPSA) is 120 Å². The van der Waals surface area contributed by atoms with E-state index in [4.69, 9.17) is 25.8 Å². The molecule has 3 rings (SSSR count). The minimum absolute atomic E-state index is 0.0422. The van der Waals surface area contributed by atoms with Crippen molar-refractivity contribution in [1.82, 2.24) is 10.6 Å². The predicted octanol–water partition coefficient (Wildman–Crippen LogP) is 5.31. The maximum Gasteiger partial charge on any atom is 0.347 e. The maximum atomic E-state index is 13.4. The quantitative estimate of drug-likeness (QED) is 0.376. The Morgan fingerprint density at radius 1 is 1.02 bits per heavy atom. The third kappa shape index (κ3) is 11.4. The van der Waals surface area contributed by atoms with Gasteiger partial charge in [0.2, 0.25) is 11.8 Å². The molecule has 0 aliphatic carbocycles. The van der Waals surface area contributed by atoms with Crippen molar-refractivity contribution in [2.45, 2.75) is 65.2 Å². The van der Waals surface area contributed by atoms with E-state index in [1.807, 2.05) is 63.3 Å². The van der Waals surface area contributed by atoms with Crippen LogP contribution in [-0.4, -0.2) is 55.7 Å². The SMILES string of the molecule is COc1ccc(CC2NC(=O)/C=C/CC(C(C)/C=C/c3ccccc3)OC(=O)C(CC(C)C)OC(=O)C(C)CNC2=O)cc1Cl. The monoisotopic (exact) mass is 638 g/mol. The third-order valence-electron chi connectivity index (χ3n) is 7.36. The van der Waals surface area contributed by atoms with Gasteiger partial charge >= 0.3 is 11.9 Å². The van der Waals surface area contributed by atoms with E-state index in [9.17, 15) is 19.2 Å². The lowest BCUT2D eigenvalue weighted by Crippen LogP contribution is -2.49. The lowest BCUT2D eigenvalue weighted by atomic mass is 9.99. The molecule has 9 nitrogen and oxygen atoms in total. The normalized spacial score (nSPS) is 23.5. The van der Waals surface area contributed by atoms with Crippen LogP contribution in [0.2, 0.25) is 5.02 Å². The Morgan fingerprint density at radius 2 is 1.76 bits per heavy atom. The Morgan fingerprint density at radius 3 is 2.42 bits per heavy atom. The second-order valence-electron chi connectivity index (χ2n) is 11.7. The Bertz CT molecular complexity index is 1380. The van der Waals surface area contributed by atoms with Gasteiger partial charge in [-0.25, -0.2) is 4.79 Å². The van der Waals surface area contributed by atoms with Gasteiger partial charge in [-0.05, 0) is 41.7 Å². The number of halogens is 1. The summed E-state index contributed by atoms with van der Waals surface area (Å²) >= 11 is 6.29. The molecule has 0 spiro atoms. The van der Waals surface area contributed by atoms with E-state index in [2.05, 4.69) is 10.6 Å². The van der Waals surface area contributed by atoms with E-state index in [1.54, 1.807) is 31.2 Å². The molecule has 45 heavy (non-hydrogen) atoms. The fourth-order valence-corrected chi connectivity index (χ4v) is 4.97. The number of amides is 2. The van der Waals surface area contributed by atoms with Crippen LogP contribution < -0.4 is 15.4 Å². The molecular weight excluding hydrogens is 596 g/mol. The lowest BCUT2D eigenvalue weighted by molar-refractivity contribution is -0.175. The van der Waals surface area contributed by atoms with Crippen LogP contribution in [0.1, 0.15) is 51.7 Å². The lowest BCUT2D eigenvalue weighted by Gasteiger charge is -2.26. The van der Waals surface area contributed by atoms with Gasteiger partial charge in [-0.15, -0.1) is 0 Å².